The van der Waals surface area contributed by atoms with E-state index in [9.17, 15) is 13.2 Å². The Labute approximate surface area is 135 Å². The number of halogens is 1. The quantitative estimate of drug-likeness (QED) is 0.736. The van der Waals surface area contributed by atoms with Crippen molar-refractivity contribution in [2.45, 2.75) is 18.2 Å². The average Bonchev–Trinajstić information content (AvgIpc) is 2.79. The van der Waals surface area contributed by atoms with Gasteiger partial charge in [-0.25, -0.2) is 8.42 Å². The maximum Gasteiger partial charge on any atom is 0.244 e. The van der Waals surface area contributed by atoms with Crippen LogP contribution in [0.4, 0.5) is 5.69 Å². The van der Waals surface area contributed by atoms with Crippen molar-refractivity contribution in [3.63, 3.8) is 0 Å². The van der Waals surface area contributed by atoms with Crippen LogP contribution in [0, 0.1) is 0 Å². The Bertz CT molecular complexity index is 733. The van der Waals surface area contributed by atoms with Gasteiger partial charge in [0.25, 0.3) is 0 Å². The first-order valence-electron chi connectivity index (χ1n) is 6.37. The zero-order valence-corrected chi connectivity index (χ0v) is 14.4. The van der Waals surface area contributed by atoms with E-state index in [0.717, 1.165) is 10.2 Å². The van der Waals surface area contributed by atoms with E-state index in [1.165, 1.54) is 18.7 Å². The number of hydrogen-bond acceptors (Lipinski definition) is 4. The fraction of sp³-hybridized carbons (Fsp3) is 0.385. The van der Waals surface area contributed by atoms with E-state index in [1.54, 1.807) is 0 Å². The number of aliphatic imine (C=N–C) groups is 1. The molecule has 5 nitrogen and oxygen atoms in total. The summed E-state index contributed by atoms with van der Waals surface area (Å²) < 4.78 is 24.6. The molecule has 2 heterocycles. The minimum Gasteiger partial charge on any atom is -0.316 e. The minimum atomic E-state index is -3.02. The summed E-state index contributed by atoms with van der Waals surface area (Å²) in [5, 5.41) is 0.526. The molecular formula is C13H13BrN2O3S2. The number of sulfone groups is 1. The molecule has 1 aromatic carbocycles. The molecule has 8 heteroatoms. The fourth-order valence-electron chi connectivity index (χ4n) is 2.63. The van der Waals surface area contributed by atoms with Crippen LogP contribution in [0.5, 0.6) is 0 Å². The van der Waals surface area contributed by atoms with Crippen molar-refractivity contribution in [3.05, 3.63) is 28.7 Å². The second-order valence-corrected chi connectivity index (χ2v) is 9.34. The summed E-state index contributed by atoms with van der Waals surface area (Å²) in [5.74, 6) is -0.0296. The van der Waals surface area contributed by atoms with E-state index < -0.39 is 9.84 Å². The first kappa shape index (κ1) is 15.1. The Hall–Kier alpha value is -0.860. The van der Waals surface area contributed by atoms with Gasteiger partial charge in [-0.15, -0.1) is 0 Å². The molecule has 2 aliphatic heterocycles. The van der Waals surface area contributed by atoms with Crippen LogP contribution in [0.3, 0.4) is 0 Å². The number of carbonyl (C=O) groups excluding carboxylic acids is 1. The fourth-order valence-corrected chi connectivity index (χ4v) is 6.97. The lowest BCUT2D eigenvalue weighted by Crippen LogP contribution is -2.37. The van der Waals surface area contributed by atoms with Gasteiger partial charge in [0.1, 0.15) is 0 Å². The maximum absolute atomic E-state index is 11.9. The van der Waals surface area contributed by atoms with Crippen molar-refractivity contribution < 1.29 is 13.2 Å². The van der Waals surface area contributed by atoms with Gasteiger partial charge in [0.05, 0.1) is 17.5 Å². The standard InChI is InChI=1S/C13H13BrN2O3S2/c1-8(17)15-13-16(10-4-2-3-9(14)5-10)11-6-21(18,19)7-12(11)20-13/h2-5,11-12H,6-7H2,1H3/t11-,12+/m1/s1. The summed E-state index contributed by atoms with van der Waals surface area (Å²) in [4.78, 5) is 17.3. The summed E-state index contributed by atoms with van der Waals surface area (Å²) in [5.41, 5.74) is 0.849. The van der Waals surface area contributed by atoms with Crippen molar-refractivity contribution in [2.24, 2.45) is 4.99 Å². The monoisotopic (exact) mass is 388 g/mol. The van der Waals surface area contributed by atoms with Gasteiger partial charge in [0.15, 0.2) is 15.0 Å². The number of amidine groups is 1. The summed E-state index contributed by atoms with van der Waals surface area (Å²) in [6, 6.07) is 7.42. The lowest BCUT2D eigenvalue weighted by molar-refractivity contribution is -0.115. The van der Waals surface area contributed by atoms with Gasteiger partial charge >= 0.3 is 0 Å². The Morgan fingerprint density at radius 3 is 2.86 bits per heavy atom. The molecule has 2 aliphatic rings. The molecule has 1 aromatic rings. The minimum absolute atomic E-state index is 0.0629. The Morgan fingerprint density at radius 1 is 1.43 bits per heavy atom. The van der Waals surface area contributed by atoms with E-state index in [2.05, 4.69) is 20.9 Å². The van der Waals surface area contributed by atoms with Crippen LogP contribution in [0.2, 0.25) is 0 Å². The molecule has 0 N–H and O–H groups in total. The zero-order chi connectivity index (χ0) is 15.2. The van der Waals surface area contributed by atoms with E-state index >= 15 is 0 Å². The first-order chi connectivity index (χ1) is 9.85. The molecule has 0 spiro atoms. The molecule has 0 saturated carbocycles. The molecule has 0 bridgehead atoms. The second kappa shape index (κ2) is 5.40. The molecule has 0 unspecified atom stereocenters. The van der Waals surface area contributed by atoms with Crippen molar-refractivity contribution >= 4 is 54.3 Å². The number of anilines is 1. The Kier molecular flexibility index (Phi) is 3.87. The molecule has 3 rings (SSSR count). The summed E-state index contributed by atoms with van der Waals surface area (Å²) in [6.07, 6.45) is 0. The molecule has 112 valence electrons. The normalized spacial score (nSPS) is 28.9. The molecule has 2 fully saturated rings. The molecule has 1 amide bonds. The van der Waals surface area contributed by atoms with Gasteiger partial charge in [-0.2, -0.15) is 4.99 Å². The molecule has 0 aromatic heterocycles. The Balaban J connectivity index is 2.05. The average molecular weight is 389 g/mol. The molecule has 21 heavy (non-hydrogen) atoms. The first-order valence-corrected chi connectivity index (χ1v) is 9.86. The lowest BCUT2D eigenvalue weighted by Gasteiger charge is -2.24. The van der Waals surface area contributed by atoms with Gasteiger partial charge < -0.3 is 4.90 Å². The molecule has 2 saturated heterocycles. The van der Waals surface area contributed by atoms with Gasteiger partial charge in [-0.05, 0) is 18.2 Å². The maximum atomic E-state index is 11.9. The van der Waals surface area contributed by atoms with Gasteiger partial charge in [-0.1, -0.05) is 33.8 Å². The number of nitrogens with zero attached hydrogens (tertiary/aromatic N) is 2. The van der Waals surface area contributed by atoms with Gasteiger partial charge in [0, 0.05) is 22.3 Å². The van der Waals surface area contributed by atoms with Crippen molar-refractivity contribution in [3.8, 4) is 0 Å². The molecule has 0 radical (unpaired) electrons. The highest BCUT2D eigenvalue weighted by atomic mass is 79.9. The van der Waals surface area contributed by atoms with Crippen LogP contribution >= 0.6 is 27.7 Å². The van der Waals surface area contributed by atoms with Crippen LogP contribution in [-0.2, 0) is 14.6 Å². The number of carbonyl (C=O) groups is 1. The number of hydrogen-bond donors (Lipinski definition) is 0. The van der Waals surface area contributed by atoms with Gasteiger partial charge in [-0.3, -0.25) is 4.79 Å². The molecular weight excluding hydrogens is 376 g/mol. The third-order valence-electron chi connectivity index (χ3n) is 3.41. The third-order valence-corrected chi connectivity index (χ3v) is 7.11. The SMILES string of the molecule is CC(=O)N=C1S[C@H]2CS(=O)(=O)C[C@H]2N1c1cccc(Br)c1. The van der Waals surface area contributed by atoms with Crippen molar-refractivity contribution in [1.82, 2.24) is 0 Å². The third kappa shape index (κ3) is 3.02. The number of amides is 1. The Morgan fingerprint density at radius 2 is 2.19 bits per heavy atom. The number of fused-ring (bicyclic) bond motifs is 1. The topological polar surface area (TPSA) is 66.8 Å². The lowest BCUT2D eigenvalue weighted by atomic mass is 10.2. The number of thioether (sulfide) groups is 1. The highest BCUT2D eigenvalue weighted by Gasteiger charge is 2.49. The number of benzene rings is 1. The van der Waals surface area contributed by atoms with Crippen LogP contribution < -0.4 is 4.90 Å². The summed E-state index contributed by atoms with van der Waals surface area (Å²) in [7, 11) is -3.02. The van der Waals surface area contributed by atoms with E-state index in [1.807, 2.05) is 29.2 Å². The van der Waals surface area contributed by atoms with E-state index in [0.29, 0.717) is 5.17 Å². The summed E-state index contributed by atoms with van der Waals surface area (Å²) in [6.45, 7) is 1.40. The van der Waals surface area contributed by atoms with Crippen LogP contribution in [0.15, 0.2) is 33.7 Å². The second-order valence-electron chi connectivity index (χ2n) is 5.06. The zero-order valence-electron chi connectivity index (χ0n) is 11.2. The van der Waals surface area contributed by atoms with Crippen LogP contribution in [0.1, 0.15) is 6.92 Å². The highest BCUT2D eigenvalue weighted by Crippen LogP contribution is 2.41. The van der Waals surface area contributed by atoms with Gasteiger partial charge in [0.2, 0.25) is 5.91 Å². The van der Waals surface area contributed by atoms with E-state index in [-0.39, 0.29) is 28.7 Å². The molecule has 0 aliphatic carbocycles. The largest absolute Gasteiger partial charge is 0.316 e. The van der Waals surface area contributed by atoms with Crippen LogP contribution in [0.25, 0.3) is 0 Å². The molecule has 2 atom stereocenters. The van der Waals surface area contributed by atoms with Crippen molar-refractivity contribution in [1.29, 1.82) is 0 Å². The summed E-state index contributed by atoms with van der Waals surface area (Å²) >= 11 is 4.80. The van der Waals surface area contributed by atoms with Crippen molar-refractivity contribution in [2.75, 3.05) is 16.4 Å². The predicted octanol–water partition coefficient (Wildman–Crippen LogP) is 2.07. The predicted molar refractivity (Wildman–Crippen MR) is 88.6 cm³/mol. The highest BCUT2D eigenvalue weighted by molar-refractivity contribution is 9.10. The van der Waals surface area contributed by atoms with E-state index in [4.69, 9.17) is 0 Å². The van der Waals surface area contributed by atoms with Crippen LogP contribution in [-0.4, -0.2) is 42.3 Å². The smallest absolute Gasteiger partial charge is 0.244 e. The number of rotatable bonds is 1.